The molecule has 3 unspecified atom stereocenters. The molecule has 1 amide bonds. The van der Waals surface area contributed by atoms with Crippen molar-refractivity contribution >= 4 is 11.7 Å². The Hall–Kier alpha value is -3.28. The molecular weight excluding hydrogens is 454 g/mol. The number of ether oxygens (including phenoxy) is 3. The highest BCUT2D eigenvalue weighted by Gasteiger charge is 2.51. The average Bonchev–Trinajstić information content (AvgIpc) is 3.18. The van der Waals surface area contributed by atoms with Crippen LogP contribution in [0.1, 0.15) is 68.2 Å². The van der Waals surface area contributed by atoms with Gasteiger partial charge < -0.3 is 19.1 Å². The molecule has 0 saturated heterocycles. The van der Waals surface area contributed by atoms with Crippen LogP contribution >= 0.6 is 0 Å². The Kier molecular flexibility index (Phi) is 6.78. The zero-order valence-electron chi connectivity index (χ0n) is 21.6. The molecule has 5 rings (SSSR count). The first-order valence-corrected chi connectivity index (χ1v) is 13.0. The first-order valence-electron chi connectivity index (χ1n) is 13.0. The van der Waals surface area contributed by atoms with Crippen molar-refractivity contribution in [1.29, 1.82) is 0 Å². The highest BCUT2D eigenvalue weighted by molar-refractivity contribution is 6.11. The van der Waals surface area contributed by atoms with E-state index in [-0.39, 0.29) is 29.5 Å². The standard InChI is InChI=1S/C30H35NO5/c1-18(2)20-10-12-21(13-11-20)27-26-28(32)22-7-5-6-8-23(22)36-29(26)30(33)31(27)16-15-19-9-14-24(34-3)25(17-19)35-4/h9-14,17-18,22-23,27H,5-8,15-16H2,1-4H3. The van der Waals surface area contributed by atoms with Crippen LogP contribution in [0.3, 0.4) is 0 Å². The van der Waals surface area contributed by atoms with E-state index in [0.29, 0.717) is 36.0 Å². The summed E-state index contributed by atoms with van der Waals surface area (Å²) in [6.07, 6.45) is 4.18. The summed E-state index contributed by atoms with van der Waals surface area (Å²) in [5.74, 6) is 1.77. The van der Waals surface area contributed by atoms with Crippen molar-refractivity contribution in [2.24, 2.45) is 5.92 Å². The number of nitrogens with zero attached hydrogens (tertiary/aromatic N) is 1. The fourth-order valence-electron chi connectivity index (χ4n) is 5.82. The molecule has 2 aliphatic heterocycles. The SMILES string of the molecule is COc1ccc(CCN2C(=O)C3=C(C(=O)C4CCCCC4O3)C2c2ccc(C(C)C)cc2)cc1OC. The van der Waals surface area contributed by atoms with E-state index in [1.54, 1.807) is 14.2 Å². The highest BCUT2D eigenvalue weighted by atomic mass is 16.5. The van der Waals surface area contributed by atoms with Crippen LogP contribution in [0, 0.1) is 5.92 Å². The molecule has 3 aliphatic rings. The van der Waals surface area contributed by atoms with Crippen LogP contribution in [0.5, 0.6) is 11.5 Å². The molecule has 2 heterocycles. The first-order chi connectivity index (χ1) is 17.4. The summed E-state index contributed by atoms with van der Waals surface area (Å²) >= 11 is 0. The molecule has 2 aromatic rings. The number of amides is 1. The van der Waals surface area contributed by atoms with Crippen molar-refractivity contribution < 1.29 is 23.8 Å². The number of rotatable bonds is 7. The third kappa shape index (κ3) is 4.27. The third-order valence-electron chi connectivity index (χ3n) is 7.87. The van der Waals surface area contributed by atoms with Crippen molar-refractivity contribution in [2.45, 2.75) is 64.0 Å². The minimum atomic E-state index is -0.427. The molecule has 36 heavy (non-hydrogen) atoms. The van der Waals surface area contributed by atoms with E-state index in [0.717, 1.165) is 36.8 Å². The molecule has 1 saturated carbocycles. The lowest BCUT2D eigenvalue weighted by Gasteiger charge is -2.35. The highest BCUT2D eigenvalue weighted by Crippen LogP contribution is 2.47. The fraction of sp³-hybridized carbons (Fsp3) is 0.467. The van der Waals surface area contributed by atoms with Gasteiger partial charge in [-0.1, -0.05) is 50.6 Å². The van der Waals surface area contributed by atoms with Crippen LogP contribution in [0.25, 0.3) is 0 Å². The maximum atomic E-state index is 13.8. The molecule has 2 aromatic carbocycles. The van der Waals surface area contributed by atoms with E-state index < -0.39 is 6.04 Å². The van der Waals surface area contributed by atoms with Crippen molar-refractivity contribution in [3.63, 3.8) is 0 Å². The fourth-order valence-corrected chi connectivity index (χ4v) is 5.82. The molecular formula is C30H35NO5. The van der Waals surface area contributed by atoms with Gasteiger partial charge in [-0.25, -0.2) is 0 Å². The van der Waals surface area contributed by atoms with Gasteiger partial charge in [-0.3, -0.25) is 9.59 Å². The maximum Gasteiger partial charge on any atom is 0.290 e. The lowest BCUT2D eigenvalue weighted by atomic mass is 9.77. The first kappa shape index (κ1) is 24.4. The van der Waals surface area contributed by atoms with Gasteiger partial charge in [0, 0.05) is 6.54 Å². The summed E-state index contributed by atoms with van der Waals surface area (Å²) in [7, 11) is 3.23. The number of carbonyl (C=O) groups is 2. The Bertz CT molecular complexity index is 1180. The Labute approximate surface area is 213 Å². The second-order valence-corrected chi connectivity index (χ2v) is 10.3. The van der Waals surface area contributed by atoms with Crippen molar-refractivity contribution in [3.05, 3.63) is 70.5 Å². The Morgan fingerprint density at radius 2 is 1.69 bits per heavy atom. The molecule has 1 aliphatic carbocycles. The number of benzene rings is 2. The number of methoxy groups -OCH3 is 2. The number of carbonyl (C=O) groups excluding carboxylic acids is 2. The largest absolute Gasteiger partial charge is 0.493 e. The summed E-state index contributed by atoms with van der Waals surface area (Å²) < 4.78 is 17.1. The van der Waals surface area contributed by atoms with Gasteiger partial charge in [-0.2, -0.15) is 0 Å². The number of Topliss-reactive ketones (excluding diaryl/α,β-unsaturated/α-hetero) is 1. The summed E-state index contributed by atoms with van der Waals surface area (Å²) in [5.41, 5.74) is 3.76. The second-order valence-electron chi connectivity index (χ2n) is 10.3. The second kappa shape index (κ2) is 10.00. The molecule has 0 N–H and O–H groups in total. The van der Waals surface area contributed by atoms with Crippen LogP contribution in [0.15, 0.2) is 53.8 Å². The number of hydrogen-bond acceptors (Lipinski definition) is 5. The van der Waals surface area contributed by atoms with Crippen LogP contribution in [0.4, 0.5) is 0 Å². The van der Waals surface area contributed by atoms with Gasteiger partial charge in [0.25, 0.3) is 5.91 Å². The molecule has 6 nitrogen and oxygen atoms in total. The number of ketones is 1. The monoisotopic (exact) mass is 489 g/mol. The smallest absolute Gasteiger partial charge is 0.290 e. The Balaban J connectivity index is 1.48. The summed E-state index contributed by atoms with van der Waals surface area (Å²) in [5, 5.41) is 0. The van der Waals surface area contributed by atoms with E-state index in [1.165, 1.54) is 5.56 Å². The van der Waals surface area contributed by atoms with Crippen molar-refractivity contribution in [1.82, 2.24) is 4.90 Å². The molecule has 0 bridgehead atoms. The zero-order valence-corrected chi connectivity index (χ0v) is 21.6. The quantitative estimate of drug-likeness (QED) is 0.524. The van der Waals surface area contributed by atoms with Crippen LogP contribution < -0.4 is 9.47 Å². The number of hydrogen-bond donors (Lipinski definition) is 0. The predicted octanol–water partition coefficient (Wildman–Crippen LogP) is 5.37. The maximum absolute atomic E-state index is 13.8. The lowest BCUT2D eigenvalue weighted by Crippen LogP contribution is -2.39. The zero-order chi connectivity index (χ0) is 25.4. The Morgan fingerprint density at radius 3 is 2.39 bits per heavy atom. The molecule has 0 aromatic heterocycles. The van der Waals surface area contributed by atoms with E-state index in [9.17, 15) is 9.59 Å². The normalized spacial score (nSPS) is 23.5. The molecule has 1 fully saturated rings. The topological polar surface area (TPSA) is 65.1 Å². The van der Waals surface area contributed by atoms with Crippen LogP contribution in [-0.4, -0.2) is 43.5 Å². The van der Waals surface area contributed by atoms with Gasteiger partial charge in [0.1, 0.15) is 6.10 Å². The molecule has 0 radical (unpaired) electrons. The molecule has 3 atom stereocenters. The van der Waals surface area contributed by atoms with Gasteiger partial charge >= 0.3 is 0 Å². The summed E-state index contributed by atoms with van der Waals surface area (Å²) in [4.78, 5) is 29.3. The predicted molar refractivity (Wildman–Crippen MR) is 137 cm³/mol. The van der Waals surface area contributed by atoms with Crippen LogP contribution in [0.2, 0.25) is 0 Å². The van der Waals surface area contributed by atoms with E-state index >= 15 is 0 Å². The summed E-state index contributed by atoms with van der Waals surface area (Å²) in [6, 6.07) is 13.7. The Morgan fingerprint density at radius 1 is 0.972 bits per heavy atom. The van der Waals surface area contributed by atoms with E-state index in [2.05, 4.69) is 38.1 Å². The van der Waals surface area contributed by atoms with E-state index in [4.69, 9.17) is 14.2 Å². The van der Waals surface area contributed by atoms with Crippen molar-refractivity contribution in [2.75, 3.05) is 20.8 Å². The molecule has 190 valence electrons. The van der Waals surface area contributed by atoms with Gasteiger partial charge in [0.05, 0.1) is 31.8 Å². The van der Waals surface area contributed by atoms with Crippen molar-refractivity contribution in [3.8, 4) is 11.5 Å². The summed E-state index contributed by atoms with van der Waals surface area (Å²) in [6.45, 7) is 4.78. The van der Waals surface area contributed by atoms with Gasteiger partial charge in [-0.15, -0.1) is 0 Å². The third-order valence-corrected chi connectivity index (χ3v) is 7.87. The number of fused-ring (bicyclic) bond motifs is 1. The van der Waals surface area contributed by atoms with Crippen LogP contribution in [-0.2, 0) is 20.7 Å². The van der Waals surface area contributed by atoms with Gasteiger partial charge in [0.2, 0.25) is 0 Å². The average molecular weight is 490 g/mol. The van der Waals surface area contributed by atoms with Gasteiger partial charge in [-0.05, 0) is 60.4 Å². The molecule has 0 spiro atoms. The lowest BCUT2D eigenvalue weighted by molar-refractivity contribution is -0.135. The van der Waals surface area contributed by atoms with Gasteiger partial charge in [0.15, 0.2) is 23.0 Å². The minimum Gasteiger partial charge on any atom is -0.493 e. The molecule has 6 heteroatoms. The van der Waals surface area contributed by atoms with E-state index in [1.807, 2.05) is 23.1 Å². The minimum absolute atomic E-state index is 0.0980.